The summed E-state index contributed by atoms with van der Waals surface area (Å²) in [5.41, 5.74) is 5.32. The highest BCUT2D eigenvalue weighted by molar-refractivity contribution is 5.57. The van der Waals surface area contributed by atoms with Crippen molar-refractivity contribution in [2.75, 3.05) is 25.1 Å². The molecule has 0 aliphatic carbocycles. The van der Waals surface area contributed by atoms with E-state index < -0.39 is 0 Å². The molecule has 84 valence electrons. The first-order valence-electron chi connectivity index (χ1n) is 5.46. The van der Waals surface area contributed by atoms with Crippen molar-refractivity contribution in [2.45, 2.75) is 27.2 Å². The van der Waals surface area contributed by atoms with E-state index in [4.69, 9.17) is 5.11 Å². The first-order chi connectivity index (χ1) is 7.07. The number of hydrogen-bond acceptors (Lipinski definition) is 2. The van der Waals surface area contributed by atoms with Crippen LogP contribution in [0.3, 0.4) is 0 Å². The minimum Gasteiger partial charge on any atom is -0.396 e. The van der Waals surface area contributed by atoms with Crippen molar-refractivity contribution in [1.29, 1.82) is 0 Å². The molecule has 0 spiro atoms. The molecule has 0 saturated carbocycles. The van der Waals surface area contributed by atoms with E-state index in [-0.39, 0.29) is 6.61 Å². The minimum atomic E-state index is 0.258. The van der Waals surface area contributed by atoms with Crippen molar-refractivity contribution in [3.8, 4) is 0 Å². The average Bonchev–Trinajstić information content (AvgIpc) is 2.23. The Bertz CT molecular complexity index is 334. The lowest BCUT2D eigenvalue weighted by Crippen LogP contribution is -2.20. The Hall–Kier alpha value is -1.02. The first-order valence-corrected chi connectivity index (χ1v) is 5.46. The highest BCUT2D eigenvalue weighted by atomic mass is 16.3. The van der Waals surface area contributed by atoms with Gasteiger partial charge in [0.2, 0.25) is 0 Å². The lowest BCUT2D eigenvalue weighted by atomic mass is 10.0. The smallest absolute Gasteiger partial charge is 0.0447 e. The maximum absolute atomic E-state index is 8.80. The second-order valence-corrected chi connectivity index (χ2v) is 4.15. The van der Waals surface area contributed by atoms with Gasteiger partial charge >= 0.3 is 0 Å². The Balaban J connectivity index is 2.90. The van der Waals surface area contributed by atoms with Gasteiger partial charge in [-0.25, -0.2) is 0 Å². The van der Waals surface area contributed by atoms with Crippen LogP contribution in [0.4, 0.5) is 5.69 Å². The van der Waals surface area contributed by atoms with Crippen LogP contribution in [0.1, 0.15) is 23.1 Å². The van der Waals surface area contributed by atoms with E-state index in [9.17, 15) is 0 Å². The molecule has 15 heavy (non-hydrogen) atoms. The third-order valence-electron chi connectivity index (χ3n) is 3.09. The van der Waals surface area contributed by atoms with E-state index >= 15 is 0 Å². The van der Waals surface area contributed by atoms with E-state index in [0.29, 0.717) is 0 Å². The van der Waals surface area contributed by atoms with E-state index in [1.807, 2.05) is 0 Å². The predicted molar refractivity (Wildman–Crippen MR) is 65.6 cm³/mol. The van der Waals surface area contributed by atoms with Crippen LogP contribution in [0.25, 0.3) is 0 Å². The minimum absolute atomic E-state index is 0.258. The second kappa shape index (κ2) is 5.17. The quantitative estimate of drug-likeness (QED) is 0.819. The lowest BCUT2D eigenvalue weighted by Gasteiger charge is -2.22. The summed E-state index contributed by atoms with van der Waals surface area (Å²) in [6, 6.07) is 4.32. The monoisotopic (exact) mass is 207 g/mol. The Kier molecular flexibility index (Phi) is 4.15. The highest BCUT2D eigenvalue weighted by Crippen LogP contribution is 2.24. The van der Waals surface area contributed by atoms with Crippen molar-refractivity contribution in [3.63, 3.8) is 0 Å². The standard InChI is InChI=1S/C13H21NO/c1-10-6-7-13(12(3)11(10)2)14(4)8-5-9-15/h6-7,15H,5,8-9H2,1-4H3. The highest BCUT2D eigenvalue weighted by Gasteiger charge is 2.07. The summed E-state index contributed by atoms with van der Waals surface area (Å²) in [5, 5.41) is 8.80. The van der Waals surface area contributed by atoms with E-state index in [2.05, 4.69) is 44.9 Å². The van der Waals surface area contributed by atoms with Crippen LogP contribution in [0.5, 0.6) is 0 Å². The molecule has 0 heterocycles. The van der Waals surface area contributed by atoms with E-state index in [0.717, 1.165) is 13.0 Å². The van der Waals surface area contributed by atoms with Gasteiger partial charge in [-0.1, -0.05) is 6.07 Å². The van der Waals surface area contributed by atoms with Crippen molar-refractivity contribution in [1.82, 2.24) is 0 Å². The van der Waals surface area contributed by atoms with Crippen LogP contribution in [0, 0.1) is 20.8 Å². The molecule has 1 aromatic carbocycles. The van der Waals surface area contributed by atoms with Gasteiger partial charge in [-0.2, -0.15) is 0 Å². The van der Waals surface area contributed by atoms with E-state index in [1.54, 1.807) is 0 Å². The normalized spacial score (nSPS) is 10.5. The van der Waals surface area contributed by atoms with Gasteiger partial charge in [0.05, 0.1) is 0 Å². The van der Waals surface area contributed by atoms with Gasteiger partial charge in [0.25, 0.3) is 0 Å². The summed E-state index contributed by atoms with van der Waals surface area (Å²) in [6.45, 7) is 7.62. The fourth-order valence-electron chi connectivity index (χ4n) is 1.78. The second-order valence-electron chi connectivity index (χ2n) is 4.15. The Morgan fingerprint density at radius 2 is 1.80 bits per heavy atom. The van der Waals surface area contributed by atoms with Crippen LogP contribution >= 0.6 is 0 Å². The van der Waals surface area contributed by atoms with Crippen molar-refractivity contribution >= 4 is 5.69 Å². The Morgan fingerprint density at radius 1 is 1.13 bits per heavy atom. The van der Waals surface area contributed by atoms with Gasteiger partial charge in [-0.05, 0) is 49.9 Å². The summed E-state index contributed by atoms with van der Waals surface area (Å²) < 4.78 is 0. The molecule has 1 rings (SSSR count). The van der Waals surface area contributed by atoms with E-state index in [1.165, 1.54) is 22.4 Å². The number of rotatable bonds is 4. The molecule has 2 heteroatoms. The summed E-state index contributed by atoms with van der Waals surface area (Å²) in [6.07, 6.45) is 0.822. The molecule has 0 aromatic heterocycles. The Labute approximate surface area is 92.5 Å². The lowest BCUT2D eigenvalue weighted by molar-refractivity contribution is 0.290. The molecule has 1 N–H and O–H groups in total. The van der Waals surface area contributed by atoms with Crippen LogP contribution < -0.4 is 4.90 Å². The molecule has 0 amide bonds. The number of aliphatic hydroxyl groups excluding tert-OH is 1. The molecule has 0 aliphatic rings. The van der Waals surface area contributed by atoms with Gasteiger partial charge in [0, 0.05) is 25.9 Å². The maximum atomic E-state index is 8.80. The molecular formula is C13H21NO. The molecule has 0 unspecified atom stereocenters. The summed E-state index contributed by atoms with van der Waals surface area (Å²) in [5.74, 6) is 0. The molecule has 0 bridgehead atoms. The van der Waals surface area contributed by atoms with Crippen molar-refractivity contribution in [3.05, 3.63) is 28.8 Å². The number of nitrogens with zero attached hydrogens (tertiary/aromatic N) is 1. The summed E-state index contributed by atoms with van der Waals surface area (Å²) in [7, 11) is 2.08. The van der Waals surface area contributed by atoms with Crippen LogP contribution in [0.2, 0.25) is 0 Å². The van der Waals surface area contributed by atoms with Crippen molar-refractivity contribution in [2.24, 2.45) is 0 Å². The van der Waals surface area contributed by atoms with Crippen molar-refractivity contribution < 1.29 is 5.11 Å². The van der Waals surface area contributed by atoms with Gasteiger partial charge in [-0.3, -0.25) is 0 Å². The number of hydrogen-bond donors (Lipinski definition) is 1. The zero-order chi connectivity index (χ0) is 11.4. The molecule has 0 radical (unpaired) electrons. The average molecular weight is 207 g/mol. The number of aliphatic hydroxyl groups is 1. The summed E-state index contributed by atoms with van der Waals surface area (Å²) >= 11 is 0. The topological polar surface area (TPSA) is 23.5 Å². The molecular weight excluding hydrogens is 186 g/mol. The van der Waals surface area contributed by atoms with Gasteiger partial charge in [-0.15, -0.1) is 0 Å². The zero-order valence-corrected chi connectivity index (χ0v) is 10.2. The maximum Gasteiger partial charge on any atom is 0.0447 e. The molecule has 1 aromatic rings. The number of aryl methyl sites for hydroxylation is 1. The van der Waals surface area contributed by atoms with Gasteiger partial charge in [0.1, 0.15) is 0 Å². The van der Waals surface area contributed by atoms with Crippen LogP contribution in [0.15, 0.2) is 12.1 Å². The van der Waals surface area contributed by atoms with Crippen LogP contribution in [-0.2, 0) is 0 Å². The Morgan fingerprint density at radius 3 is 2.40 bits per heavy atom. The van der Waals surface area contributed by atoms with Crippen LogP contribution in [-0.4, -0.2) is 25.3 Å². The van der Waals surface area contributed by atoms with Gasteiger partial charge < -0.3 is 10.0 Å². The van der Waals surface area contributed by atoms with Gasteiger partial charge in [0.15, 0.2) is 0 Å². The zero-order valence-electron chi connectivity index (χ0n) is 10.2. The molecule has 0 saturated heterocycles. The third-order valence-corrected chi connectivity index (χ3v) is 3.09. The molecule has 0 atom stereocenters. The fraction of sp³-hybridized carbons (Fsp3) is 0.538. The molecule has 0 fully saturated rings. The number of benzene rings is 1. The first kappa shape index (κ1) is 12.1. The SMILES string of the molecule is Cc1ccc(N(C)CCCO)c(C)c1C. The fourth-order valence-corrected chi connectivity index (χ4v) is 1.78. The summed E-state index contributed by atoms with van der Waals surface area (Å²) in [4.78, 5) is 2.21. The molecule has 2 nitrogen and oxygen atoms in total. The number of anilines is 1. The molecule has 0 aliphatic heterocycles. The third kappa shape index (κ3) is 2.72. The predicted octanol–water partition coefficient (Wildman–Crippen LogP) is 2.43. The largest absolute Gasteiger partial charge is 0.396 e.